The SMILES string of the molecule is Cc1c(NC(=O)[C@@H](C)Sc2nnc(-c3ccco3)n2CC(C)C)c(=O)n(-c2ccccc2)n1C. The summed E-state index contributed by atoms with van der Waals surface area (Å²) in [5, 5.41) is 11.6. The largest absolute Gasteiger partial charge is 0.461 e. The zero-order valence-corrected chi connectivity index (χ0v) is 20.7. The number of furan rings is 1. The molecular formula is C24H28N6O3S. The number of para-hydroxylation sites is 1. The van der Waals surface area contributed by atoms with Gasteiger partial charge in [0.15, 0.2) is 16.7 Å². The second-order valence-corrected chi connectivity index (χ2v) is 9.78. The Morgan fingerprint density at radius 3 is 2.50 bits per heavy atom. The van der Waals surface area contributed by atoms with Crippen molar-refractivity contribution in [1.82, 2.24) is 24.1 Å². The van der Waals surface area contributed by atoms with E-state index in [1.54, 1.807) is 31.0 Å². The lowest BCUT2D eigenvalue weighted by Crippen LogP contribution is -2.27. The van der Waals surface area contributed by atoms with Crippen LogP contribution in [0.1, 0.15) is 26.5 Å². The quantitative estimate of drug-likeness (QED) is 0.381. The van der Waals surface area contributed by atoms with Crippen LogP contribution in [0.15, 0.2) is 63.1 Å². The molecule has 1 atom stereocenters. The van der Waals surface area contributed by atoms with Gasteiger partial charge in [-0.05, 0) is 44.0 Å². The second-order valence-electron chi connectivity index (χ2n) is 8.47. The summed E-state index contributed by atoms with van der Waals surface area (Å²) < 4.78 is 10.8. The molecule has 178 valence electrons. The number of benzene rings is 1. The van der Waals surface area contributed by atoms with Crippen molar-refractivity contribution in [3.63, 3.8) is 0 Å². The Hall–Kier alpha value is -3.53. The first kappa shape index (κ1) is 23.6. The van der Waals surface area contributed by atoms with Crippen molar-refractivity contribution in [2.24, 2.45) is 13.0 Å². The maximum Gasteiger partial charge on any atom is 0.295 e. The number of thioether (sulfide) groups is 1. The summed E-state index contributed by atoms with van der Waals surface area (Å²) >= 11 is 1.30. The molecule has 0 aliphatic heterocycles. The Bertz CT molecular complexity index is 1340. The fraction of sp³-hybridized carbons (Fsp3) is 0.333. The Morgan fingerprint density at radius 2 is 1.85 bits per heavy atom. The number of aromatic nitrogens is 5. The predicted molar refractivity (Wildman–Crippen MR) is 132 cm³/mol. The molecule has 0 radical (unpaired) electrons. The molecule has 9 nitrogen and oxygen atoms in total. The first-order valence-corrected chi connectivity index (χ1v) is 11.9. The number of hydrogen-bond donors (Lipinski definition) is 1. The lowest BCUT2D eigenvalue weighted by atomic mass is 10.2. The normalized spacial score (nSPS) is 12.3. The van der Waals surface area contributed by atoms with Gasteiger partial charge in [-0.1, -0.05) is 43.8 Å². The minimum Gasteiger partial charge on any atom is -0.461 e. The lowest BCUT2D eigenvalue weighted by Gasteiger charge is -2.14. The van der Waals surface area contributed by atoms with E-state index in [4.69, 9.17) is 4.42 Å². The summed E-state index contributed by atoms with van der Waals surface area (Å²) in [5.41, 5.74) is 1.39. The van der Waals surface area contributed by atoms with E-state index in [-0.39, 0.29) is 17.2 Å². The van der Waals surface area contributed by atoms with Crippen molar-refractivity contribution in [3.05, 3.63) is 64.8 Å². The van der Waals surface area contributed by atoms with Crippen molar-refractivity contribution in [2.75, 3.05) is 5.32 Å². The molecule has 4 aromatic rings. The summed E-state index contributed by atoms with van der Waals surface area (Å²) in [6.45, 7) is 8.48. The molecular weight excluding hydrogens is 452 g/mol. The molecule has 0 aliphatic rings. The van der Waals surface area contributed by atoms with Crippen molar-refractivity contribution in [3.8, 4) is 17.3 Å². The topological polar surface area (TPSA) is 99.9 Å². The summed E-state index contributed by atoms with van der Waals surface area (Å²) in [7, 11) is 1.79. The third kappa shape index (κ3) is 4.58. The molecule has 0 spiro atoms. The molecule has 1 aromatic carbocycles. The number of rotatable bonds is 8. The van der Waals surface area contributed by atoms with E-state index in [0.29, 0.717) is 34.9 Å². The van der Waals surface area contributed by atoms with Gasteiger partial charge >= 0.3 is 0 Å². The number of anilines is 1. The molecule has 0 bridgehead atoms. The van der Waals surface area contributed by atoms with Gasteiger partial charge in [-0.15, -0.1) is 10.2 Å². The highest BCUT2D eigenvalue weighted by Gasteiger charge is 2.25. The van der Waals surface area contributed by atoms with E-state index in [1.807, 2.05) is 47.9 Å². The van der Waals surface area contributed by atoms with Gasteiger partial charge in [0.05, 0.1) is 22.9 Å². The molecule has 4 rings (SSSR count). The summed E-state index contributed by atoms with van der Waals surface area (Å²) in [5.74, 6) is 1.31. The van der Waals surface area contributed by atoms with E-state index in [0.717, 1.165) is 5.69 Å². The fourth-order valence-electron chi connectivity index (χ4n) is 3.64. The average molecular weight is 481 g/mol. The smallest absolute Gasteiger partial charge is 0.295 e. The van der Waals surface area contributed by atoms with Gasteiger partial charge in [0.25, 0.3) is 5.56 Å². The second kappa shape index (κ2) is 9.76. The van der Waals surface area contributed by atoms with Crippen LogP contribution in [0.25, 0.3) is 17.3 Å². The zero-order chi connectivity index (χ0) is 24.4. The van der Waals surface area contributed by atoms with Crippen LogP contribution in [-0.4, -0.2) is 35.3 Å². The predicted octanol–water partition coefficient (Wildman–Crippen LogP) is 4.11. The van der Waals surface area contributed by atoms with E-state index >= 15 is 0 Å². The highest BCUT2D eigenvalue weighted by atomic mass is 32.2. The molecule has 0 fully saturated rings. The first-order valence-electron chi connectivity index (χ1n) is 11.1. The summed E-state index contributed by atoms with van der Waals surface area (Å²) in [6, 6.07) is 13.0. The van der Waals surface area contributed by atoms with Crippen LogP contribution < -0.4 is 10.9 Å². The van der Waals surface area contributed by atoms with Gasteiger partial charge in [-0.25, -0.2) is 4.68 Å². The Kier molecular flexibility index (Phi) is 6.78. The maximum atomic E-state index is 13.1. The highest BCUT2D eigenvalue weighted by molar-refractivity contribution is 8.00. The molecule has 0 unspecified atom stereocenters. The molecule has 3 heterocycles. The van der Waals surface area contributed by atoms with Gasteiger partial charge in [-0.3, -0.25) is 18.8 Å². The van der Waals surface area contributed by atoms with Gasteiger partial charge < -0.3 is 9.73 Å². The molecule has 1 amide bonds. The van der Waals surface area contributed by atoms with Gasteiger partial charge in [0.2, 0.25) is 5.91 Å². The maximum absolute atomic E-state index is 13.1. The van der Waals surface area contributed by atoms with Gasteiger partial charge in [-0.2, -0.15) is 0 Å². The highest BCUT2D eigenvalue weighted by Crippen LogP contribution is 2.28. The summed E-state index contributed by atoms with van der Waals surface area (Å²) in [6.07, 6.45) is 1.59. The van der Waals surface area contributed by atoms with E-state index in [9.17, 15) is 9.59 Å². The monoisotopic (exact) mass is 480 g/mol. The Morgan fingerprint density at radius 1 is 1.12 bits per heavy atom. The number of nitrogens with one attached hydrogen (secondary N) is 1. The van der Waals surface area contributed by atoms with Crippen molar-refractivity contribution in [2.45, 2.75) is 44.6 Å². The van der Waals surface area contributed by atoms with Gasteiger partial charge in [0, 0.05) is 13.6 Å². The molecule has 0 aliphatic carbocycles. The number of carbonyl (C=O) groups is 1. The summed E-state index contributed by atoms with van der Waals surface area (Å²) in [4.78, 5) is 26.2. The molecule has 0 saturated carbocycles. The van der Waals surface area contributed by atoms with Crippen LogP contribution in [0.3, 0.4) is 0 Å². The van der Waals surface area contributed by atoms with Crippen LogP contribution in [0, 0.1) is 12.8 Å². The van der Waals surface area contributed by atoms with Crippen molar-refractivity contribution >= 4 is 23.4 Å². The van der Waals surface area contributed by atoms with E-state index in [1.165, 1.54) is 16.4 Å². The number of amides is 1. The lowest BCUT2D eigenvalue weighted by molar-refractivity contribution is -0.115. The minimum absolute atomic E-state index is 0.267. The number of carbonyl (C=O) groups excluding carboxylic acids is 1. The molecule has 10 heteroatoms. The molecule has 34 heavy (non-hydrogen) atoms. The Balaban J connectivity index is 1.57. The third-order valence-corrected chi connectivity index (χ3v) is 6.54. The third-order valence-electron chi connectivity index (χ3n) is 5.46. The van der Waals surface area contributed by atoms with Crippen molar-refractivity contribution < 1.29 is 9.21 Å². The van der Waals surface area contributed by atoms with Crippen LogP contribution in [0.2, 0.25) is 0 Å². The minimum atomic E-state index is -0.510. The van der Waals surface area contributed by atoms with Crippen LogP contribution in [0.4, 0.5) is 5.69 Å². The number of hydrogen-bond acceptors (Lipinski definition) is 6. The van der Waals surface area contributed by atoms with Crippen LogP contribution in [-0.2, 0) is 18.4 Å². The van der Waals surface area contributed by atoms with Crippen LogP contribution in [0.5, 0.6) is 0 Å². The standard InChI is InChI=1S/C24H28N6O3S/c1-15(2)14-29-21(19-12-9-13-33-19)26-27-24(29)34-17(4)22(31)25-20-16(3)28(5)30(23(20)32)18-10-7-6-8-11-18/h6-13,15,17H,14H2,1-5H3,(H,25,31)/t17-/m1/s1. The van der Waals surface area contributed by atoms with E-state index < -0.39 is 5.25 Å². The van der Waals surface area contributed by atoms with Crippen LogP contribution >= 0.6 is 11.8 Å². The Labute approximate surface area is 201 Å². The number of nitrogens with zero attached hydrogens (tertiary/aromatic N) is 5. The van der Waals surface area contributed by atoms with E-state index in [2.05, 4.69) is 29.4 Å². The molecule has 3 aromatic heterocycles. The first-order chi connectivity index (χ1) is 16.3. The average Bonchev–Trinajstić information content (AvgIpc) is 3.51. The van der Waals surface area contributed by atoms with Gasteiger partial charge in [0.1, 0.15) is 5.69 Å². The fourth-order valence-corrected chi connectivity index (χ4v) is 4.50. The van der Waals surface area contributed by atoms with Crippen molar-refractivity contribution in [1.29, 1.82) is 0 Å². The molecule has 1 N–H and O–H groups in total. The zero-order valence-electron chi connectivity index (χ0n) is 19.8. The molecule has 0 saturated heterocycles.